The molecule has 2 heteroatoms. The van der Waals surface area contributed by atoms with E-state index in [4.69, 9.17) is 0 Å². The van der Waals surface area contributed by atoms with Crippen LogP contribution in [0.2, 0.25) is 0 Å². The van der Waals surface area contributed by atoms with Gasteiger partial charge in [-0.2, -0.15) is 0 Å². The summed E-state index contributed by atoms with van der Waals surface area (Å²) in [5, 5.41) is 3.44. The van der Waals surface area contributed by atoms with E-state index in [1.807, 2.05) is 0 Å². The molecule has 0 aromatic carbocycles. The van der Waals surface area contributed by atoms with Gasteiger partial charge in [-0.15, -0.1) is 0 Å². The molecular weight excluding hydrogens is 172 g/mol. The fraction of sp³-hybridized carbons (Fsp3) is 0.667. The van der Waals surface area contributed by atoms with E-state index in [0.717, 1.165) is 13.1 Å². The molecule has 0 spiro atoms. The Morgan fingerprint density at radius 3 is 2.86 bits per heavy atom. The molecule has 1 N–H and O–H groups in total. The number of hydrogen-bond acceptors (Lipinski definition) is 1. The molecular formula is C12H22N2. The maximum Gasteiger partial charge on any atom is 0.0359 e. The zero-order valence-electron chi connectivity index (χ0n) is 9.59. The van der Waals surface area contributed by atoms with Crippen LogP contribution in [0.25, 0.3) is 0 Å². The standard InChI is InChI=1S/C12H22N2/c1-4-8-13-10-12-7-6-9-14(12)11(3)5-2/h6-7,9,11,13H,4-5,8,10H2,1-3H3/t11-/m0/s1. The van der Waals surface area contributed by atoms with Crippen molar-refractivity contribution in [3.05, 3.63) is 24.0 Å². The van der Waals surface area contributed by atoms with Crippen LogP contribution in [0, 0.1) is 0 Å². The Bertz CT molecular complexity index is 253. The quantitative estimate of drug-likeness (QED) is 0.689. The molecule has 0 saturated heterocycles. The van der Waals surface area contributed by atoms with Gasteiger partial charge in [0.1, 0.15) is 0 Å². The van der Waals surface area contributed by atoms with Gasteiger partial charge in [0.25, 0.3) is 0 Å². The number of rotatable bonds is 6. The molecule has 0 aliphatic heterocycles. The highest BCUT2D eigenvalue weighted by Crippen LogP contribution is 2.14. The fourth-order valence-electron chi connectivity index (χ4n) is 1.60. The zero-order chi connectivity index (χ0) is 10.4. The van der Waals surface area contributed by atoms with E-state index in [9.17, 15) is 0 Å². The van der Waals surface area contributed by atoms with Crippen molar-refractivity contribution in [3.8, 4) is 0 Å². The maximum atomic E-state index is 3.44. The van der Waals surface area contributed by atoms with Crippen LogP contribution in [0.5, 0.6) is 0 Å². The summed E-state index contributed by atoms with van der Waals surface area (Å²) in [5.41, 5.74) is 1.40. The van der Waals surface area contributed by atoms with Crippen LogP contribution in [-0.2, 0) is 6.54 Å². The lowest BCUT2D eigenvalue weighted by Gasteiger charge is -2.15. The van der Waals surface area contributed by atoms with Crippen molar-refractivity contribution in [2.45, 2.75) is 46.2 Å². The molecule has 0 aliphatic carbocycles. The molecule has 1 atom stereocenters. The Morgan fingerprint density at radius 1 is 1.43 bits per heavy atom. The van der Waals surface area contributed by atoms with Crippen molar-refractivity contribution in [2.24, 2.45) is 0 Å². The van der Waals surface area contributed by atoms with Crippen molar-refractivity contribution >= 4 is 0 Å². The van der Waals surface area contributed by atoms with Gasteiger partial charge in [0.15, 0.2) is 0 Å². The average molecular weight is 194 g/mol. The lowest BCUT2D eigenvalue weighted by atomic mass is 10.2. The Balaban J connectivity index is 2.53. The van der Waals surface area contributed by atoms with Gasteiger partial charge in [-0.25, -0.2) is 0 Å². The largest absolute Gasteiger partial charge is 0.347 e. The summed E-state index contributed by atoms with van der Waals surface area (Å²) in [6, 6.07) is 4.95. The summed E-state index contributed by atoms with van der Waals surface area (Å²) >= 11 is 0. The molecule has 1 aromatic rings. The van der Waals surface area contributed by atoms with E-state index >= 15 is 0 Å². The number of nitrogens with one attached hydrogen (secondary N) is 1. The molecule has 0 fully saturated rings. The minimum Gasteiger partial charge on any atom is -0.347 e. The minimum absolute atomic E-state index is 0.614. The third kappa shape index (κ3) is 2.88. The highest BCUT2D eigenvalue weighted by Gasteiger charge is 2.05. The fourth-order valence-corrected chi connectivity index (χ4v) is 1.60. The monoisotopic (exact) mass is 194 g/mol. The summed E-state index contributed by atoms with van der Waals surface area (Å²) < 4.78 is 2.36. The minimum atomic E-state index is 0.614. The molecule has 1 heterocycles. The summed E-state index contributed by atoms with van der Waals surface area (Å²) in [6.45, 7) is 8.79. The molecule has 1 aromatic heterocycles. The molecule has 1 rings (SSSR count). The van der Waals surface area contributed by atoms with Crippen molar-refractivity contribution in [2.75, 3.05) is 6.54 Å². The van der Waals surface area contributed by atoms with Crippen molar-refractivity contribution in [3.63, 3.8) is 0 Å². The lowest BCUT2D eigenvalue weighted by Crippen LogP contribution is -2.17. The molecule has 80 valence electrons. The van der Waals surface area contributed by atoms with E-state index in [1.165, 1.54) is 18.5 Å². The van der Waals surface area contributed by atoms with E-state index in [1.54, 1.807) is 0 Å². The van der Waals surface area contributed by atoms with Crippen LogP contribution >= 0.6 is 0 Å². The van der Waals surface area contributed by atoms with Crippen LogP contribution in [-0.4, -0.2) is 11.1 Å². The first-order valence-electron chi connectivity index (χ1n) is 5.66. The van der Waals surface area contributed by atoms with Gasteiger partial charge >= 0.3 is 0 Å². The number of aromatic nitrogens is 1. The van der Waals surface area contributed by atoms with Crippen LogP contribution in [0.1, 0.15) is 45.3 Å². The van der Waals surface area contributed by atoms with Gasteiger partial charge in [0.05, 0.1) is 0 Å². The second kappa shape index (κ2) is 5.86. The highest BCUT2D eigenvalue weighted by molar-refractivity contribution is 5.08. The molecule has 0 aliphatic rings. The van der Waals surface area contributed by atoms with Gasteiger partial charge in [-0.3, -0.25) is 0 Å². The first-order valence-corrected chi connectivity index (χ1v) is 5.66. The van der Waals surface area contributed by atoms with Gasteiger partial charge in [0.2, 0.25) is 0 Å². The molecule has 0 unspecified atom stereocenters. The second-order valence-corrected chi connectivity index (χ2v) is 3.84. The third-order valence-electron chi connectivity index (χ3n) is 2.67. The normalized spacial score (nSPS) is 13.1. The molecule has 0 saturated carbocycles. The van der Waals surface area contributed by atoms with Gasteiger partial charge in [0, 0.05) is 24.5 Å². The third-order valence-corrected chi connectivity index (χ3v) is 2.67. The van der Waals surface area contributed by atoms with Gasteiger partial charge in [-0.05, 0) is 38.4 Å². The summed E-state index contributed by atoms with van der Waals surface area (Å²) in [6.07, 6.45) is 4.57. The first kappa shape index (κ1) is 11.3. The van der Waals surface area contributed by atoms with Crippen molar-refractivity contribution in [1.29, 1.82) is 0 Å². The molecule has 14 heavy (non-hydrogen) atoms. The predicted octanol–water partition coefficient (Wildman–Crippen LogP) is 2.96. The van der Waals surface area contributed by atoms with Crippen molar-refractivity contribution < 1.29 is 0 Å². The lowest BCUT2D eigenvalue weighted by molar-refractivity contribution is 0.502. The summed E-state index contributed by atoms with van der Waals surface area (Å²) in [4.78, 5) is 0. The van der Waals surface area contributed by atoms with Crippen LogP contribution < -0.4 is 5.32 Å². The average Bonchev–Trinajstić information content (AvgIpc) is 2.65. The van der Waals surface area contributed by atoms with E-state index in [2.05, 4.69) is 49.0 Å². The van der Waals surface area contributed by atoms with E-state index < -0.39 is 0 Å². The van der Waals surface area contributed by atoms with Crippen LogP contribution in [0.4, 0.5) is 0 Å². The predicted molar refractivity (Wildman–Crippen MR) is 61.4 cm³/mol. The number of hydrogen-bond donors (Lipinski definition) is 1. The highest BCUT2D eigenvalue weighted by atomic mass is 15.0. The zero-order valence-corrected chi connectivity index (χ0v) is 9.59. The van der Waals surface area contributed by atoms with Crippen LogP contribution in [0.3, 0.4) is 0 Å². The summed E-state index contributed by atoms with van der Waals surface area (Å²) in [5.74, 6) is 0. The second-order valence-electron chi connectivity index (χ2n) is 3.84. The smallest absolute Gasteiger partial charge is 0.0359 e. The molecule has 0 radical (unpaired) electrons. The topological polar surface area (TPSA) is 17.0 Å². The number of nitrogens with zero attached hydrogens (tertiary/aromatic N) is 1. The Kier molecular flexibility index (Phi) is 4.74. The first-order chi connectivity index (χ1) is 6.79. The molecule has 2 nitrogen and oxygen atoms in total. The van der Waals surface area contributed by atoms with Crippen molar-refractivity contribution in [1.82, 2.24) is 9.88 Å². The Morgan fingerprint density at radius 2 is 2.21 bits per heavy atom. The van der Waals surface area contributed by atoms with E-state index in [-0.39, 0.29) is 0 Å². The van der Waals surface area contributed by atoms with Gasteiger partial charge < -0.3 is 9.88 Å². The maximum absolute atomic E-state index is 3.44. The molecule has 0 amide bonds. The SMILES string of the molecule is CCCNCc1cccn1[C@@H](C)CC. The molecule has 0 bridgehead atoms. The summed E-state index contributed by atoms with van der Waals surface area (Å²) in [7, 11) is 0. The van der Waals surface area contributed by atoms with Gasteiger partial charge in [-0.1, -0.05) is 13.8 Å². The Hall–Kier alpha value is -0.760. The van der Waals surface area contributed by atoms with Crippen LogP contribution in [0.15, 0.2) is 18.3 Å². The Labute approximate surface area is 87.3 Å². The van der Waals surface area contributed by atoms with E-state index in [0.29, 0.717) is 6.04 Å².